The van der Waals surface area contributed by atoms with E-state index in [1.807, 2.05) is 0 Å². The van der Waals surface area contributed by atoms with Crippen molar-refractivity contribution in [2.24, 2.45) is 0 Å². The number of ether oxygens (including phenoxy) is 1. The highest BCUT2D eigenvalue weighted by atomic mass is 32.2. The van der Waals surface area contributed by atoms with Gasteiger partial charge < -0.3 is 14.9 Å². The topological polar surface area (TPSA) is 104 Å². The summed E-state index contributed by atoms with van der Waals surface area (Å²) in [4.78, 5) is 36.8. The quantitative estimate of drug-likeness (QED) is 0.734. The number of aromatic hydroxyl groups is 1. The molecule has 0 saturated carbocycles. The molecule has 1 fully saturated rings. The van der Waals surface area contributed by atoms with Crippen LogP contribution in [0, 0.1) is 0 Å². The first kappa shape index (κ1) is 18.5. The van der Waals surface area contributed by atoms with Gasteiger partial charge in [0.2, 0.25) is 0 Å². The normalized spacial score (nSPS) is 15.4. The minimum Gasteiger partial charge on any atom is -0.508 e. The van der Waals surface area contributed by atoms with Crippen LogP contribution in [0.1, 0.15) is 12.0 Å². The summed E-state index contributed by atoms with van der Waals surface area (Å²) >= 11 is 0.782. The largest absolute Gasteiger partial charge is 0.508 e. The average Bonchev–Trinajstić information content (AvgIpc) is 2.89. The van der Waals surface area contributed by atoms with E-state index >= 15 is 0 Å². The number of aliphatic carboxylic acids is 1. The SMILES string of the molecule is O=C(O)CCOc1ccccc1/C=C1/SC(=O)N(c2cccc(O)c2)C1=O. The van der Waals surface area contributed by atoms with E-state index in [0.29, 0.717) is 11.3 Å². The van der Waals surface area contributed by atoms with E-state index in [1.54, 1.807) is 36.4 Å². The Hall–Kier alpha value is -3.26. The van der Waals surface area contributed by atoms with Gasteiger partial charge in [0.1, 0.15) is 11.5 Å². The van der Waals surface area contributed by atoms with Crippen LogP contribution in [0.3, 0.4) is 0 Å². The number of nitrogens with zero attached hydrogens (tertiary/aromatic N) is 1. The molecule has 0 unspecified atom stereocenters. The second-order valence-electron chi connectivity index (χ2n) is 5.57. The fourth-order valence-corrected chi connectivity index (χ4v) is 3.28. The zero-order chi connectivity index (χ0) is 19.4. The number of carboxylic acids is 1. The van der Waals surface area contributed by atoms with Crippen molar-refractivity contribution in [3.63, 3.8) is 0 Å². The van der Waals surface area contributed by atoms with Crippen LogP contribution in [0.5, 0.6) is 11.5 Å². The van der Waals surface area contributed by atoms with Crippen LogP contribution in [-0.2, 0) is 9.59 Å². The Kier molecular flexibility index (Phi) is 5.46. The molecule has 1 saturated heterocycles. The lowest BCUT2D eigenvalue weighted by Crippen LogP contribution is -2.27. The Balaban J connectivity index is 1.85. The summed E-state index contributed by atoms with van der Waals surface area (Å²) in [5.41, 5.74) is 0.844. The van der Waals surface area contributed by atoms with Crippen molar-refractivity contribution in [1.29, 1.82) is 0 Å². The minimum atomic E-state index is -0.972. The van der Waals surface area contributed by atoms with Gasteiger partial charge in [-0.1, -0.05) is 24.3 Å². The number of carbonyl (C=O) groups is 3. The Labute approximate surface area is 158 Å². The molecule has 7 nitrogen and oxygen atoms in total. The third kappa shape index (κ3) is 4.29. The van der Waals surface area contributed by atoms with Crippen molar-refractivity contribution in [3.8, 4) is 11.5 Å². The number of carbonyl (C=O) groups excluding carboxylic acids is 2. The third-order valence-electron chi connectivity index (χ3n) is 3.66. The maximum absolute atomic E-state index is 12.7. The summed E-state index contributed by atoms with van der Waals surface area (Å²) in [6, 6.07) is 12.7. The smallest absolute Gasteiger partial charge is 0.306 e. The molecule has 3 rings (SSSR count). The van der Waals surface area contributed by atoms with Gasteiger partial charge in [0.25, 0.3) is 11.1 Å². The number of hydrogen-bond donors (Lipinski definition) is 2. The summed E-state index contributed by atoms with van der Waals surface area (Å²) in [5, 5.41) is 17.8. The lowest BCUT2D eigenvalue weighted by molar-refractivity contribution is -0.137. The zero-order valence-electron chi connectivity index (χ0n) is 14.0. The molecule has 1 aliphatic heterocycles. The molecule has 8 heteroatoms. The van der Waals surface area contributed by atoms with Crippen LogP contribution in [0.4, 0.5) is 10.5 Å². The molecule has 0 atom stereocenters. The number of para-hydroxylation sites is 1. The molecule has 138 valence electrons. The molecule has 27 heavy (non-hydrogen) atoms. The highest BCUT2D eigenvalue weighted by Crippen LogP contribution is 2.37. The molecular weight excluding hydrogens is 370 g/mol. The number of hydrogen-bond acceptors (Lipinski definition) is 6. The lowest BCUT2D eigenvalue weighted by atomic mass is 10.2. The number of carboxylic acid groups (broad SMARTS) is 1. The number of imide groups is 1. The molecule has 2 amide bonds. The predicted molar refractivity (Wildman–Crippen MR) is 101 cm³/mol. The minimum absolute atomic E-state index is 0.00897. The number of amides is 2. The second-order valence-corrected chi connectivity index (χ2v) is 6.56. The van der Waals surface area contributed by atoms with Crippen LogP contribution >= 0.6 is 11.8 Å². The van der Waals surface area contributed by atoms with Crippen molar-refractivity contribution < 1.29 is 29.3 Å². The molecule has 0 aromatic heterocycles. The number of rotatable bonds is 6. The Morgan fingerprint density at radius 1 is 1.15 bits per heavy atom. The van der Waals surface area contributed by atoms with E-state index in [-0.39, 0.29) is 29.4 Å². The van der Waals surface area contributed by atoms with E-state index in [9.17, 15) is 19.5 Å². The second kappa shape index (κ2) is 7.96. The van der Waals surface area contributed by atoms with Crippen molar-refractivity contribution in [2.45, 2.75) is 6.42 Å². The maximum atomic E-state index is 12.7. The van der Waals surface area contributed by atoms with Crippen molar-refractivity contribution in [1.82, 2.24) is 0 Å². The highest BCUT2D eigenvalue weighted by Gasteiger charge is 2.36. The lowest BCUT2D eigenvalue weighted by Gasteiger charge is -2.12. The maximum Gasteiger partial charge on any atom is 0.306 e. The fraction of sp³-hybridized carbons (Fsp3) is 0.105. The molecule has 2 aromatic carbocycles. The van der Waals surface area contributed by atoms with Crippen molar-refractivity contribution >= 4 is 40.6 Å². The van der Waals surface area contributed by atoms with E-state index in [4.69, 9.17) is 9.84 Å². The van der Waals surface area contributed by atoms with Crippen molar-refractivity contribution in [3.05, 3.63) is 59.0 Å². The van der Waals surface area contributed by atoms with E-state index in [1.165, 1.54) is 18.2 Å². The summed E-state index contributed by atoms with van der Waals surface area (Å²) in [6.45, 7) is -0.00897. The zero-order valence-corrected chi connectivity index (χ0v) is 14.8. The highest BCUT2D eigenvalue weighted by molar-refractivity contribution is 8.19. The van der Waals surface area contributed by atoms with Crippen LogP contribution in [-0.4, -0.2) is 33.9 Å². The summed E-state index contributed by atoms with van der Waals surface area (Å²) in [7, 11) is 0. The Morgan fingerprint density at radius 3 is 2.67 bits per heavy atom. The first-order chi connectivity index (χ1) is 13.0. The third-order valence-corrected chi connectivity index (χ3v) is 4.53. The van der Waals surface area contributed by atoms with Crippen LogP contribution in [0.25, 0.3) is 6.08 Å². The standard InChI is InChI=1S/C19H15NO6S/c21-14-6-3-5-13(11-14)20-18(24)16(27-19(20)25)10-12-4-1-2-7-15(12)26-9-8-17(22)23/h1-7,10-11,21H,8-9H2,(H,22,23)/b16-10+. The monoisotopic (exact) mass is 385 g/mol. The van der Waals surface area contributed by atoms with Gasteiger partial charge in [0.05, 0.1) is 23.6 Å². The van der Waals surface area contributed by atoms with Gasteiger partial charge in [-0.25, -0.2) is 4.90 Å². The van der Waals surface area contributed by atoms with E-state index < -0.39 is 17.1 Å². The Bertz CT molecular complexity index is 939. The molecule has 0 radical (unpaired) electrons. The van der Waals surface area contributed by atoms with Crippen LogP contribution in [0.2, 0.25) is 0 Å². The molecule has 0 spiro atoms. The van der Waals surface area contributed by atoms with Gasteiger partial charge in [0, 0.05) is 11.6 Å². The first-order valence-electron chi connectivity index (χ1n) is 7.96. The molecule has 0 aliphatic carbocycles. The molecular formula is C19H15NO6S. The van der Waals surface area contributed by atoms with Crippen LogP contribution < -0.4 is 9.64 Å². The van der Waals surface area contributed by atoms with E-state index in [2.05, 4.69) is 0 Å². The summed E-state index contributed by atoms with van der Waals surface area (Å²) in [5.74, 6) is -1.11. The average molecular weight is 385 g/mol. The predicted octanol–water partition coefficient (Wildman–Crippen LogP) is 3.49. The van der Waals surface area contributed by atoms with Gasteiger partial charge in [-0.15, -0.1) is 0 Å². The van der Waals surface area contributed by atoms with Crippen molar-refractivity contribution in [2.75, 3.05) is 11.5 Å². The fourth-order valence-electron chi connectivity index (χ4n) is 2.44. The summed E-state index contributed by atoms with van der Waals surface area (Å²) < 4.78 is 5.47. The van der Waals surface area contributed by atoms with Gasteiger partial charge in [-0.3, -0.25) is 14.4 Å². The number of phenolic OH excluding ortho intramolecular Hbond substituents is 1. The number of anilines is 1. The molecule has 2 N–H and O–H groups in total. The van der Waals surface area contributed by atoms with Gasteiger partial charge >= 0.3 is 5.97 Å². The molecule has 1 heterocycles. The first-order valence-corrected chi connectivity index (χ1v) is 8.78. The van der Waals surface area contributed by atoms with E-state index in [0.717, 1.165) is 16.7 Å². The van der Waals surface area contributed by atoms with Gasteiger partial charge in [-0.2, -0.15) is 0 Å². The number of thioether (sulfide) groups is 1. The van der Waals surface area contributed by atoms with Gasteiger partial charge in [0.15, 0.2) is 0 Å². The molecule has 0 bridgehead atoms. The molecule has 1 aliphatic rings. The number of phenols is 1. The number of benzene rings is 2. The van der Waals surface area contributed by atoms with Crippen LogP contribution in [0.15, 0.2) is 53.4 Å². The Morgan fingerprint density at radius 2 is 1.93 bits per heavy atom. The van der Waals surface area contributed by atoms with Gasteiger partial charge in [-0.05, 0) is 36.0 Å². The summed E-state index contributed by atoms with van der Waals surface area (Å²) in [6.07, 6.45) is 1.38. The molecule has 2 aromatic rings.